The van der Waals surface area contributed by atoms with E-state index in [0.717, 1.165) is 63.8 Å². The summed E-state index contributed by atoms with van der Waals surface area (Å²) < 4.78 is 2.25. The summed E-state index contributed by atoms with van der Waals surface area (Å²) in [6.07, 6.45) is 0. The van der Waals surface area contributed by atoms with Crippen LogP contribution in [-0.4, -0.2) is 20.2 Å². The number of hydrogen-bond acceptors (Lipinski definition) is 6. The van der Waals surface area contributed by atoms with Crippen molar-refractivity contribution < 1.29 is 29.7 Å². The summed E-state index contributed by atoms with van der Waals surface area (Å²) in [5.74, 6) is 0.516. The number of hydrogen-bond donors (Lipinski definition) is 2. The number of fused-ring (bicyclic) bond motifs is 4. The smallest absolute Gasteiger partial charge is 0.128 e. The molecule has 4 nitrogen and oxygen atoms in total. The molecule has 7 heteroatoms. The van der Waals surface area contributed by atoms with E-state index in [1.165, 1.54) is 21.5 Å². The largest absolute Gasteiger partial charge is 0.507 e. The molecular weight excluding hydrogens is 742 g/mol. The van der Waals surface area contributed by atoms with Crippen molar-refractivity contribution in [2.24, 2.45) is 0 Å². The van der Waals surface area contributed by atoms with E-state index in [4.69, 9.17) is 0 Å². The van der Waals surface area contributed by atoms with Crippen LogP contribution in [0.3, 0.4) is 0 Å². The van der Waals surface area contributed by atoms with Gasteiger partial charge in [0.2, 0.25) is 0 Å². The second kappa shape index (κ2) is 14.7. The number of aromatic hydroxyl groups is 2. The molecule has 53 heavy (non-hydrogen) atoms. The molecule has 0 fully saturated rings. The van der Waals surface area contributed by atoms with Gasteiger partial charge in [-0.1, -0.05) is 109 Å². The van der Waals surface area contributed by atoms with Gasteiger partial charge in [0.25, 0.3) is 0 Å². The van der Waals surface area contributed by atoms with Crippen LogP contribution in [0, 0.1) is 0 Å². The second-order valence-corrected chi connectivity index (χ2v) is 14.6. The van der Waals surface area contributed by atoms with Gasteiger partial charge >= 0.3 is 0 Å². The fraction of sp³-hybridized carbons (Fsp3) is 0. The molecule has 0 aliphatic carbocycles. The summed E-state index contributed by atoms with van der Waals surface area (Å²) in [5, 5.41) is 27.3. The Morgan fingerprint density at radius 3 is 1.15 bits per heavy atom. The average molecular weight is 772 g/mol. The van der Waals surface area contributed by atoms with Crippen LogP contribution < -0.4 is 0 Å². The van der Waals surface area contributed by atoms with Crippen LogP contribution in [-0.2, 0) is 19.5 Å². The van der Waals surface area contributed by atoms with Crippen molar-refractivity contribution in [1.29, 1.82) is 0 Å². The van der Waals surface area contributed by atoms with Crippen LogP contribution in [0.2, 0.25) is 0 Å². The molecule has 0 amide bonds. The van der Waals surface area contributed by atoms with Crippen LogP contribution in [0.4, 0.5) is 0 Å². The Morgan fingerprint density at radius 1 is 0.358 bits per heavy atom. The van der Waals surface area contributed by atoms with Gasteiger partial charge in [-0.3, -0.25) is 0 Å². The molecule has 0 spiro atoms. The molecule has 0 aliphatic heterocycles. The fourth-order valence-electron chi connectivity index (χ4n) is 6.49. The molecule has 2 heterocycles. The molecule has 10 aromatic rings. The summed E-state index contributed by atoms with van der Waals surface area (Å²) in [5.41, 5.74) is 7.88. The van der Waals surface area contributed by atoms with E-state index >= 15 is 0 Å². The Kier molecular flexibility index (Phi) is 9.55. The maximum atomic E-state index is 10.4. The van der Waals surface area contributed by atoms with Crippen molar-refractivity contribution in [3.05, 3.63) is 170 Å². The molecule has 2 aromatic heterocycles. The van der Waals surface area contributed by atoms with Gasteiger partial charge in [0.05, 0.1) is 31.6 Å². The van der Waals surface area contributed by atoms with Crippen molar-refractivity contribution in [3.8, 4) is 54.9 Å². The van der Waals surface area contributed by atoms with Gasteiger partial charge in [0.1, 0.15) is 21.5 Å². The van der Waals surface area contributed by atoms with Crippen LogP contribution in [0.15, 0.2) is 170 Å². The molecule has 0 saturated heterocycles. The van der Waals surface area contributed by atoms with Gasteiger partial charge in [0.15, 0.2) is 0 Å². The van der Waals surface area contributed by atoms with Crippen molar-refractivity contribution in [1.82, 2.24) is 9.97 Å². The third kappa shape index (κ3) is 6.95. The Balaban J connectivity index is 0.000000148. The molecule has 0 radical (unpaired) electrons. The number of phenols is 2. The van der Waals surface area contributed by atoms with E-state index < -0.39 is 0 Å². The predicted octanol–water partition coefficient (Wildman–Crippen LogP) is 13.0. The minimum atomic E-state index is 0. The Labute approximate surface area is 327 Å². The Morgan fingerprint density at radius 2 is 0.717 bits per heavy atom. The number of thiazole rings is 2. The number of benzene rings is 8. The standard InChI is InChI=1S/2C23H15NOS.Zn/c2*25-21-12-11-18(17-10-9-15-5-1-2-6-16(15)13-17)14-19(21)23-24-20-7-3-4-8-22(20)26-23;/h2*1-14,25H;. The zero-order valence-electron chi connectivity index (χ0n) is 28.5. The third-order valence-electron chi connectivity index (χ3n) is 9.21. The first-order valence-corrected chi connectivity index (χ1v) is 18.6. The van der Waals surface area contributed by atoms with Gasteiger partial charge in [-0.2, -0.15) is 0 Å². The number of rotatable bonds is 4. The predicted molar refractivity (Wildman–Crippen MR) is 219 cm³/mol. The molecule has 0 saturated carbocycles. The van der Waals surface area contributed by atoms with Gasteiger partial charge in [-0.05, 0) is 104 Å². The molecular formula is C46H30N2O2S2Zn. The number of nitrogens with zero attached hydrogens (tertiary/aromatic N) is 2. The van der Waals surface area contributed by atoms with E-state index in [1.54, 1.807) is 34.8 Å². The van der Waals surface area contributed by atoms with Crippen LogP contribution in [0.25, 0.3) is 85.4 Å². The maximum absolute atomic E-state index is 10.4. The van der Waals surface area contributed by atoms with Crippen LogP contribution in [0.1, 0.15) is 0 Å². The van der Waals surface area contributed by atoms with E-state index in [-0.39, 0.29) is 31.0 Å². The first-order valence-electron chi connectivity index (χ1n) is 16.9. The molecule has 250 valence electrons. The monoisotopic (exact) mass is 770 g/mol. The van der Waals surface area contributed by atoms with Crippen LogP contribution in [0.5, 0.6) is 11.5 Å². The SMILES string of the molecule is Oc1ccc(-c2ccc3ccccc3c2)cc1-c1nc2ccccc2s1.Oc1ccc(-c2ccc3ccccc3c2)cc1-c1nc2ccccc2s1.[Zn]. The van der Waals surface area contributed by atoms with Gasteiger partial charge in [-0.15, -0.1) is 22.7 Å². The molecule has 10 rings (SSSR count). The summed E-state index contributed by atoms with van der Waals surface area (Å²) in [4.78, 5) is 9.37. The van der Waals surface area contributed by atoms with Gasteiger partial charge in [0, 0.05) is 19.5 Å². The van der Waals surface area contributed by atoms with Crippen LogP contribution >= 0.6 is 22.7 Å². The molecule has 2 N–H and O–H groups in total. The summed E-state index contributed by atoms with van der Waals surface area (Å²) >= 11 is 3.20. The Hall–Kier alpha value is -5.72. The van der Waals surface area contributed by atoms with E-state index in [9.17, 15) is 10.2 Å². The third-order valence-corrected chi connectivity index (χ3v) is 11.3. The van der Waals surface area contributed by atoms with Crippen molar-refractivity contribution in [2.45, 2.75) is 0 Å². The topological polar surface area (TPSA) is 66.2 Å². The summed E-state index contributed by atoms with van der Waals surface area (Å²) in [7, 11) is 0. The number of aromatic nitrogens is 2. The number of phenolic OH excluding ortho intramolecular Hbond substituents is 2. The summed E-state index contributed by atoms with van der Waals surface area (Å²) in [6, 6.07) is 57.1. The van der Waals surface area contributed by atoms with Crippen molar-refractivity contribution in [2.75, 3.05) is 0 Å². The van der Waals surface area contributed by atoms with E-state index in [1.807, 2.05) is 72.8 Å². The number of para-hydroxylation sites is 2. The van der Waals surface area contributed by atoms with Crippen molar-refractivity contribution >= 4 is 64.7 Å². The summed E-state index contributed by atoms with van der Waals surface area (Å²) in [6.45, 7) is 0. The first kappa shape index (κ1) is 34.4. The Bertz CT molecular complexity index is 2650. The second-order valence-electron chi connectivity index (χ2n) is 12.6. The minimum Gasteiger partial charge on any atom is -0.507 e. The molecule has 0 bridgehead atoms. The normalized spacial score (nSPS) is 11.0. The van der Waals surface area contributed by atoms with Crippen molar-refractivity contribution in [3.63, 3.8) is 0 Å². The minimum absolute atomic E-state index is 0. The molecule has 0 aliphatic rings. The van der Waals surface area contributed by atoms with Gasteiger partial charge in [-0.25, -0.2) is 9.97 Å². The van der Waals surface area contributed by atoms with E-state index in [2.05, 4.69) is 94.9 Å². The maximum Gasteiger partial charge on any atom is 0.128 e. The molecule has 0 unspecified atom stereocenters. The molecule has 8 aromatic carbocycles. The van der Waals surface area contributed by atoms with Gasteiger partial charge < -0.3 is 10.2 Å². The average Bonchev–Trinajstić information content (AvgIpc) is 3.83. The zero-order chi connectivity index (χ0) is 35.0. The quantitative estimate of drug-likeness (QED) is 0.175. The van der Waals surface area contributed by atoms with E-state index in [0.29, 0.717) is 0 Å². The fourth-order valence-corrected chi connectivity index (χ4v) is 8.47. The first-order chi connectivity index (χ1) is 25.6. The molecule has 0 atom stereocenters. The zero-order valence-corrected chi connectivity index (χ0v) is 33.1.